The van der Waals surface area contributed by atoms with Crippen LogP contribution in [0.2, 0.25) is 0 Å². The van der Waals surface area contributed by atoms with Crippen LogP contribution in [0.1, 0.15) is 31.7 Å². The summed E-state index contributed by atoms with van der Waals surface area (Å²) in [6.45, 7) is 6.20. The number of amides is 1. The highest BCUT2D eigenvalue weighted by atomic mass is 32.2. The van der Waals surface area contributed by atoms with Crippen LogP contribution in [-0.4, -0.2) is 38.8 Å². The van der Waals surface area contributed by atoms with Gasteiger partial charge in [0, 0.05) is 29.9 Å². The number of nitrogens with zero attached hydrogens (tertiary/aromatic N) is 4. The van der Waals surface area contributed by atoms with Crippen LogP contribution in [0.15, 0.2) is 59.8 Å². The number of thioether (sulfide) groups is 1. The Morgan fingerprint density at radius 2 is 1.78 bits per heavy atom. The smallest absolute Gasteiger partial charge is 0.237 e. The number of hydrogen-bond donors (Lipinski definition) is 1. The Labute approximate surface area is 192 Å². The number of rotatable bonds is 5. The molecular weight excluding hydrogens is 418 g/mol. The van der Waals surface area contributed by atoms with E-state index in [-0.39, 0.29) is 11.2 Å². The van der Waals surface area contributed by atoms with Gasteiger partial charge < -0.3 is 10.2 Å². The summed E-state index contributed by atoms with van der Waals surface area (Å²) in [6, 6.07) is 18.4. The van der Waals surface area contributed by atoms with Crippen molar-refractivity contribution in [3.63, 3.8) is 0 Å². The SMILES string of the molecule is Cc1cc2nnc(SC(C)C(=O)Nc3ccc(N4CCCCC4)cc3)n2c2ccccc12. The molecule has 0 saturated carbocycles. The van der Waals surface area contributed by atoms with Crippen molar-refractivity contribution in [1.29, 1.82) is 0 Å². The highest BCUT2D eigenvalue weighted by molar-refractivity contribution is 8.00. The second kappa shape index (κ2) is 8.82. The number of pyridine rings is 1. The van der Waals surface area contributed by atoms with Crippen LogP contribution in [0.3, 0.4) is 0 Å². The van der Waals surface area contributed by atoms with Crippen LogP contribution in [0.25, 0.3) is 16.6 Å². The van der Waals surface area contributed by atoms with Crippen LogP contribution >= 0.6 is 11.8 Å². The first-order chi connectivity index (χ1) is 15.6. The van der Waals surface area contributed by atoms with Gasteiger partial charge in [0.2, 0.25) is 5.91 Å². The van der Waals surface area contributed by atoms with E-state index in [4.69, 9.17) is 0 Å². The molecule has 164 valence electrons. The van der Waals surface area contributed by atoms with Crippen LogP contribution in [0, 0.1) is 6.92 Å². The number of para-hydroxylation sites is 1. The molecule has 0 bridgehead atoms. The number of piperidine rings is 1. The van der Waals surface area contributed by atoms with E-state index < -0.39 is 0 Å². The third kappa shape index (κ3) is 4.05. The van der Waals surface area contributed by atoms with Crippen LogP contribution in [-0.2, 0) is 4.79 Å². The fourth-order valence-corrected chi connectivity index (χ4v) is 5.18. The zero-order valence-electron chi connectivity index (χ0n) is 18.4. The quantitative estimate of drug-likeness (QED) is 0.422. The van der Waals surface area contributed by atoms with E-state index in [1.807, 2.05) is 41.7 Å². The topological polar surface area (TPSA) is 62.5 Å². The summed E-state index contributed by atoms with van der Waals surface area (Å²) >= 11 is 1.42. The van der Waals surface area contributed by atoms with E-state index in [1.165, 1.54) is 36.7 Å². The first kappa shape index (κ1) is 20.8. The maximum atomic E-state index is 12.9. The summed E-state index contributed by atoms with van der Waals surface area (Å²) in [5.41, 5.74) is 5.05. The van der Waals surface area contributed by atoms with E-state index in [2.05, 4.69) is 51.6 Å². The molecule has 6 nitrogen and oxygen atoms in total. The Balaban J connectivity index is 1.31. The van der Waals surface area contributed by atoms with Gasteiger partial charge in [0.05, 0.1) is 10.8 Å². The van der Waals surface area contributed by atoms with Gasteiger partial charge in [-0.2, -0.15) is 0 Å². The number of carbonyl (C=O) groups excluding carboxylic acids is 1. The molecule has 1 aliphatic heterocycles. The van der Waals surface area contributed by atoms with Gasteiger partial charge in [-0.05, 0) is 75.1 Å². The molecule has 5 rings (SSSR count). The number of anilines is 2. The number of benzene rings is 2. The molecule has 0 spiro atoms. The molecule has 1 amide bonds. The number of hydrogen-bond acceptors (Lipinski definition) is 5. The Morgan fingerprint density at radius 3 is 2.56 bits per heavy atom. The van der Waals surface area contributed by atoms with E-state index in [0.29, 0.717) is 0 Å². The predicted octanol–water partition coefficient (Wildman–Crippen LogP) is 5.30. The predicted molar refractivity (Wildman–Crippen MR) is 132 cm³/mol. The molecule has 2 aromatic carbocycles. The first-order valence-corrected chi connectivity index (χ1v) is 12.0. The monoisotopic (exact) mass is 445 g/mol. The van der Waals surface area contributed by atoms with Crippen LogP contribution in [0.5, 0.6) is 0 Å². The molecule has 7 heteroatoms. The molecule has 1 N–H and O–H groups in total. The van der Waals surface area contributed by atoms with Crippen LogP contribution in [0.4, 0.5) is 11.4 Å². The van der Waals surface area contributed by atoms with Crippen molar-refractivity contribution < 1.29 is 4.79 Å². The molecule has 3 heterocycles. The van der Waals surface area contributed by atoms with Crippen molar-refractivity contribution in [3.8, 4) is 0 Å². The molecule has 1 saturated heterocycles. The number of nitrogens with one attached hydrogen (secondary N) is 1. The minimum absolute atomic E-state index is 0.0473. The normalized spacial score (nSPS) is 15.2. The Bertz CT molecular complexity index is 1260. The lowest BCUT2D eigenvalue weighted by atomic mass is 10.1. The van der Waals surface area contributed by atoms with E-state index in [0.717, 1.165) is 46.0 Å². The Morgan fingerprint density at radius 1 is 1.03 bits per heavy atom. The summed E-state index contributed by atoms with van der Waals surface area (Å²) in [7, 11) is 0. The van der Waals surface area contributed by atoms with Crippen molar-refractivity contribution in [3.05, 3.63) is 60.2 Å². The third-order valence-electron chi connectivity index (χ3n) is 6.08. The molecule has 1 aliphatic rings. The van der Waals surface area contributed by atoms with Crippen molar-refractivity contribution >= 4 is 45.6 Å². The number of fused-ring (bicyclic) bond motifs is 3. The molecule has 1 atom stereocenters. The fourth-order valence-electron chi connectivity index (χ4n) is 4.31. The number of aromatic nitrogens is 3. The number of carbonyl (C=O) groups is 1. The van der Waals surface area contributed by atoms with Crippen molar-refractivity contribution in [2.24, 2.45) is 0 Å². The zero-order chi connectivity index (χ0) is 22.1. The van der Waals surface area contributed by atoms with Gasteiger partial charge in [0.15, 0.2) is 10.8 Å². The summed E-state index contributed by atoms with van der Waals surface area (Å²) in [6.07, 6.45) is 3.82. The minimum atomic E-state index is -0.316. The van der Waals surface area contributed by atoms with Crippen molar-refractivity contribution in [1.82, 2.24) is 14.6 Å². The standard InChI is InChI=1S/C25H27N5OS/c1-17-16-23-27-28-25(30(23)22-9-5-4-8-21(17)22)32-18(2)24(31)26-19-10-12-20(13-11-19)29-14-6-3-7-15-29/h4-5,8-13,16,18H,3,6-7,14-15H2,1-2H3,(H,26,31). The van der Waals surface area contributed by atoms with Gasteiger partial charge in [0.25, 0.3) is 0 Å². The Hall–Kier alpha value is -3.06. The average molecular weight is 446 g/mol. The molecule has 1 unspecified atom stereocenters. The van der Waals surface area contributed by atoms with E-state index in [9.17, 15) is 4.79 Å². The molecule has 1 fully saturated rings. The van der Waals surface area contributed by atoms with Gasteiger partial charge in [-0.25, -0.2) is 0 Å². The summed E-state index contributed by atoms with van der Waals surface area (Å²) < 4.78 is 2.03. The largest absolute Gasteiger partial charge is 0.372 e. The fraction of sp³-hybridized carbons (Fsp3) is 0.320. The lowest BCUT2D eigenvalue weighted by Crippen LogP contribution is -2.29. The van der Waals surface area contributed by atoms with Crippen molar-refractivity contribution in [2.75, 3.05) is 23.3 Å². The van der Waals surface area contributed by atoms with Crippen molar-refractivity contribution in [2.45, 2.75) is 43.5 Å². The number of aryl methyl sites for hydroxylation is 1. The van der Waals surface area contributed by atoms with Gasteiger partial charge in [-0.1, -0.05) is 30.0 Å². The lowest BCUT2D eigenvalue weighted by molar-refractivity contribution is -0.115. The molecule has 4 aromatic rings. The highest BCUT2D eigenvalue weighted by Gasteiger charge is 2.20. The summed E-state index contributed by atoms with van der Waals surface area (Å²) in [5.74, 6) is -0.0473. The van der Waals surface area contributed by atoms with Gasteiger partial charge >= 0.3 is 0 Å². The molecule has 32 heavy (non-hydrogen) atoms. The molecule has 0 aliphatic carbocycles. The highest BCUT2D eigenvalue weighted by Crippen LogP contribution is 2.29. The molecule has 0 radical (unpaired) electrons. The van der Waals surface area contributed by atoms with E-state index in [1.54, 1.807) is 0 Å². The first-order valence-electron chi connectivity index (χ1n) is 11.2. The third-order valence-corrected chi connectivity index (χ3v) is 7.12. The molecular formula is C25H27N5OS. The Kier molecular flexibility index (Phi) is 5.74. The van der Waals surface area contributed by atoms with Gasteiger partial charge in [0.1, 0.15) is 0 Å². The molecule has 2 aromatic heterocycles. The minimum Gasteiger partial charge on any atom is -0.372 e. The second-order valence-corrected chi connectivity index (χ2v) is 9.67. The maximum Gasteiger partial charge on any atom is 0.237 e. The lowest BCUT2D eigenvalue weighted by Gasteiger charge is -2.28. The maximum absolute atomic E-state index is 12.9. The zero-order valence-corrected chi connectivity index (χ0v) is 19.2. The summed E-state index contributed by atoms with van der Waals surface area (Å²) in [4.78, 5) is 15.3. The average Bonchev–Trinajstić information content (AvgIpc) is 3.22. The van der Waals surface area contributed by atoms with Gasteiger partial charge in [-0.15, -0.1) is 10.2 Å². The van der Waals surface area contributed by atoms with Crippen LogP contribution < -0.4 is 10.2 Å². The van der Waals surface area contributed by atoms with Gasteiger partial charge in [-0.3, -0.25) is 9.20 Å². The second-order valence-electron chi connectivity index (χ2n) is 8.36. The van der Waals surface area contributed by atoms with E-state index >= 15 is 0 Å². The summed E-state index contributed by atoms with van der Waals surface area (Å²) in [5, 5.41) is 13.3.